The molecule has 8 nitrogen and oxygen atoms in total. The molecule has 0 saturated carbocycles. The van der Waals surface area contributed by atoms with Crippen molar-refractivity contribution in [2.45, 2.75) is 11.8 Å². The molecule has 0 aliphatic rings. The van der Waals surface area contributed by atoms with Crippen molar-refractivity contribution in [3.8, 4) is 23.0 Å². The first-order chi connectivity index (χ1) is 16.7. The Morgan fingerprint density at radius 3 is 2.06 bits per heavy atom. The van der Waals surface area contributed by atoms with Crippen molar-refractivity contribution in [1.29, 1.82) is 0 Å². The van der Waals surface area contributed by atoms with E-state index in [-0.39, 0.29) is 37.9 Å². The smallest absolute Gasteiger partial charge is 0.273 e. The Morgan fingerprint density at radius 1 is 0.943 bits per heavy atom. The summed E-state index contributed by atoms with van der Waals surface area (Å²) in [6, 6.07) is 13.1. The van der Waals surface area contributed by atoms with Crippen LogP contribution in [0.2, 0.25) is 5.02 Å². The van der Waals surface area contributed by atoms with E-state index in [4.69, 9.17) is 30.5 Å². The fourth-order valence-electron chi connectivity index (χ4n) is 3.31. The largest absolute Gasteiger partial charge is 0.494 e. The SMILES string of the molecule is CCOc1ccc(N(C(=O)c2cc(OC)c(OC)c(OC)c2Br)S(=O)(=O)c2ccc(Cl)cc2)cc1. The number of amides is 1. The molecule has 0 N–H and O–H groups in total. The normalized spacial score (nSPS) is 11.0. The third-order valence-corrected chi connectivity index (χ3v) is 7.68. The van der Waals surface area contributed by atoms with Crippen LogP contribution in [-0.4, -0.2) is 42.3 Å². The maximum Gasteiger partial charge on any atom is 0.273 e. The minimum atomic E-state index is -4.36. The second-order valence-corrected chi connectivity index (χ2v) is 9.98. The van der Waals surface area contributed by atoms with Crippen LogP contribution < -0.4 is 23.3 Å². The predicted octanol–water partition coefficient (Wildman–Crippen LogP) is 5.56. The average molecular weight is 585 g/mol. The van der Waals surface area contributed by atoms with E-state index in [9.17, 15) is 13.2 Å². The lowest BCUT2D eigenvalue weighted by Crippen LogP contribution is -2.37. The van der Waals surface area contributed by atoms with Gasteiger partial charge in [0.25, 0.3) is 15.9 Å². The second-order valence-electron chi connectivity index (χ2n) is 6.96. The molecule has 3 aromatic rings. The molecular weight excluding hydrogens is 562 g/mol. The number of carbonyl (C=O) groups excluding carboxylic acids is 1. The quantitative estimate of drug-likeness (QED) is 0.325. The highest BCUT2D eigenvalue weighted by atomic mass is 79.9. The van der Waals surface area contributed by atoms with Gasteiger partial charge in [0.05, 0.1) is 48.6 Å². The number of rotatable bonds is 9. The van der Waals surface area contributed by atoms with Crippen molar-refractivity contribution in [3.05, 3.63) is 69.7 Å². The van der Waals surface area contributed by atoms with E-state index in [1.165, 1.54) is 63.8 Å². The average Bonchev–Trinajstić information content (AvgIpc) is 2.85. The number of anilines is 1. The van der Waals surface area contributed by atoms with E-state index in [1.54, 1.807) is 12.1 Å². The molecular formula is C24H23BrClNO7S. The van der Waals surface area contributed by atoms with Crippen LogP contribution in [-0.2, 0) is 10.0 Å². The lowest BCUT2D eigenvalue weighted by molar-refractivity contribution is 0.100. The standard InChI is InChI=1S/C24H23BrClNO7S/c1-5-34-17-10-8-16(9-11-17)27(35(29,30)18-12-6-15(26)7-13-18)24(28)19-14-20(31-2)22(32-3)23(33-4)21(19)25/h6-14H,5H2,1-4H3. The topological polar surface area (TPSA) is 91.4 Å². The minimum absolute atomic E-state index is 0.0223. The molecule has 186 valence electrons. The molecule has 0 heterocycles. The first-order valence-corrected chi connectivity index (χ1v) is 12.9. The Kier molecular flexibility index (Phi) is 8.52. The number of hydrogen-bond acceptors (Lipinski definition) is 7. The third-order valence-electron chi connectivity index (χ3n) is 4.92. The first-order valence-electron chi connectivity index (χ1n) is 10.3. The highest BCUT2D eigenvalue weighted by molar-refractivity contribution is 9.10. The summed E-state index contributed by atoms with van der Waals surface area (Å²) in [4.78, 5) is 13.8. The molecule has 0 aromatic heterocycles. The molecule has 0 bridgehead atoms. The molecule has 0 unspecified atom stereocenters. The van der Waals surface area contributed by atoms with Gasteiger partial charge in [-0.2, -0.15) is 4.31 Å². The van der Waals surface area contributed by atoms with Crippen molar-refractivity contribution in [2.24, 2.45) is 0 Å². The van der Waals surface area contributed by atoms with Crippen molar-refractivity contribution in [1.82, 2.24) is 0 Å². The van der Waals surface area contributed by atoms with Gasteiger partial charge < -0.3 is 18.9 Å². The molecule has 11 heteroatoms. The Morgan fingerprint density at radius 2 is 1.54 bits per heavy atom. The number of methoxy groups -OCH3 is 3. The van der Waals surface area contributed by atoms with Gasteiger partial charge in [0, 0.05) is 5.02 Å². The summed E-state index contributed by atoms with van der Waals surface area (Å²) in [6.45, 7) is 2.26. The fraction of sp³-hybridized carbons (Fsp3) is 0.208. The lowest BCUT2D eigenvalue weighted by atomic mass is 10.1. The van der Waals surface area contributed by atoms with Crippen molar-refractivity contribution in [2.75, 3.05) is 32.2 Å². The summed E-state index contributed by atoms with van der Waals surface area (Å²) in [5.74, 6) is 0.278. The van der Waals surface area contributed by atoms with E-state index in [0.717, 1.165) is 0 Å². The number of hydrogen-bond donors (Lipinski definition) is 0. The molecule has 0 atom stereocenters. The number of benzene rings is 3. The Hall–Kier alpha value is -2.95. The summed E-state index contributed by atoms with van der Waals surface area (Å²) in [5, 5.41) is 0.357. The van der Waals surface area contributed by atoms with Gasteiger partial charge in [-0.25, -0.2) is 8.42 Å². The van der Waals surface area contributed by atoms with Crippen LogP contribution in [0, 0.1) is 0 Å². The lowest BCUT2D eigenvalue weighted by Gasteiger charge is -2.24. The monoisotopic (exact) mass is 583 g/mol. The zero-order valence-electron chi connectivity index (χ0n) is 19.4. The molecule has 0 fully saturated rings. The molecule has 35 heavy (non-hydrogen) atoms. The maximum atomic E-state index is 13.9. The summed E-state index contributed by atoms with van der Waals surface area (Å²) >= 11 is 9.31. The number of nitrogens with zero attached hydrogens (tertiary/aromatic N) is 1. The van der Waals surface area contributed by atoms with Crippen LogP contribution in [0.3, 0.4) is 0 Å². The molecule has 3 rings (SSSR count). The predicted molar refractivity (Wildman–Crippen MR) is 137 cm³/mol. The van der Waals surface area contributed by atoms with E-state index in [1.807, 2.05) is 6.92 Å². The highest BCUT2D eigenvalue weighted by Gasteiger charge is 2.35. The third kappa shape index (κ3) is 5.34. The Balaban J connectivity index is 2.25. The molecule has 0 radical (unpaired) electrons. The fourth-order valence-corrected chi connectivity index (χ4v) is 5.47. The molecule has 0 saturated heterocycles. The van der Waals surface area contributed by atoms with Gasteiger partial charge in [-0.3, -0.25) is 4.79 Å². The van der Waals surface area contributed by atoms with Crippen molar-refractivity contribution < 1.29 is 32.2 Å². The summed E-state index contributed by atoms with van der Waals surface area (Å²) in [7, 11) is -0.151. The minimum Gasteiger partial charge on any atom is -0.494 e. The molecule has 3 aromatic carbocycles. The van der Waals surface area contributed by atoms with Crippen LogP contribution in [0.25, 0.3) is 0 Å². The highest BCUT2D eigenvalue weighted by Crippen LogP contribution is 2.45. The molecule has 1 amide bonds. The summed E-state index contributed by atoms with van der Waals surface area (Å²) in [6.07, 6.45) is 0. The Labute approximate surface area is 217 Å². The van der Waals surface area contributed by atoms with E-state index >= 15 is 0 Å². The maximum absolute atomic E-state index is 13.9. The molecule has 0 spiro atoms. The van der Waals surface area contributed by atoms with Crippen LogP contribution in [0.1, 0.15) is 17.3 Å². The van der Waals surface area contributed by atoms with Gasteiger partial charge in [0.1, 0.15) is 5.75 Å². The number of ether oxygens (including phenoxy) is 4. The van der Waals surface area contributed by atoms with Gasteiger partial charge in [-0.05, 0) is 77.5 Å². The number of halogens is 2. The van der Waals surface area contributed by atoms with Crippen LogP contribution >= 0.6 is 27.5 Å². The van der Waals surface area contributed by atoms with Crippen LogP contribution in [0.4, 0.5) is 5.69 Å². The number of carbonyl (C=O) groups is 1. The van der Waals surface area contributed by atoms with Gasteiger partial charge in [0.2, 0.25) is 5.75 Å². The zero-order chi connectivity index (χ0) is 25.8. The van der Waals surface area contributed by atoms with Crippen molar-refractivity contribution >= 4 is 49.1 Å². The van der Waals surface area contributed by atoms with Crippen LogP contribution in [0.15, 0.2) is 64.0 Å². The molecule has 0 aliphatic heterocycles. The van der Waals surface area contributed by atoms with E-state index < -0.39 is 15.9 Å². The van der Waals surface area contributed by atoms with Gasteiger partial charge in [-0.15, -0.1) is 0 Å². The first kappa shape index (κ1) is 26.7. The van der Waals surface area contributed by atoms with Gasteiger partial charge in [-0.1, -0.05) is 11.6 Å². The van der Waals surface area contributed by atoms with Crippen LogP contribution in [0.5, 0.6) is 23.0 Å². The molecule has 0 aliphatic carbocycles. The van der Waals surface area contributed by atoms with E-state index in [0.29, 0.717) is 21.7 Å². The van der Waals surface area contributed by atoms with Gasteiger partial charge in [0.15, 0.2) is 11.5 Å². The summed E-state index contributed by atoms with van der Waals surface area (Å²) in [5.41, 5.74) is 0.0833. The van der Waals surface area contributed by atoms with E-state index in [2.05, 4.69) is 15.9 Å². The second kappa shape index (κ2) is 11.2. The van der Waals surface area contributed by atoms with Gasteiger partial charge >= 0.3 is 0 Å². The number of sulfonamides is 1. The van der Waals surface area contributed by atoms with Crippen molar-refractivity contribution in [3.63, 3.8) is 0 Å². The zero-order valence-corrected chi connectivity index (χ0v) is 22.5. The summed E-state index contributed by atoms with van der Waals surface area (Å²) < 4.78 is 50.0. The Bertz CT molecular complexity index is 1310.